The van der Waals surface area contributed by atoms with E-state index in [9.17, 15) is 19.2 Å². The van der Waals surface area contributed by atoms with Crippen molar-refractivity contribution in [3.05, 3.63) is 94.0 Å². The monoisotopic (exact) mass is 578 g/mol. The van der Waals surface area contributed by atoms with Gasteiger partial charge in [0.15, 0.2) is 0 Å². The van der Waals surface area contributed by atoms with Crippen molar-refractivity contribution < 1.29 is 28.7 Å². The van der Waals surface area contributed by atoms with Gasteiger partial charge >= 0.3 is 17.8 Å². The second-order valence-electron chi connectivity index (χ2n) is 8.07. The number of rotatable bonds is 6. The molecule has 1 aliphatic heterocycles. The molecule has 10 nitrogen and oxygen atoms in total. The quantitative estimate of drug-likeness (QED) is 0.152. The summed E-state index contributed by atoms with van der Waals surface area (Å²) in [6.07, 6.45) is 1.33. The van der Waals surface area contributed by atoms with Crippen molar-refractivity contribution in [2.45, 2.75) is 0 Å². The average molecular weight is 579 g/mol. The third-order valence-corrected chi connectivity index (χ3v) is 5.93. The Labute approximate surface area is 226 Å². The summed E-state index contributed by atoms with van der Waals surface area (Å²) in [7, 11) is 0. The van der Waals surface area contributed by atoms with Crippen molar-refractivity contribution in [3.8, 4) is 5.75 Å². The fourth-order valence-corrected chi connectivity index (χ4v) is 3.91. The summed E-state index contributed by atoms with van der Waals surface area (Å²) in [5.41, 5.74) is 3.65. The van der Waals surface area contributed by atoms with Gasteiger partial charge in [0.1, 0.15) is 5.75 Å². The number of para-hydroxylation sites is 1. The zero-order valence-electron chi connectivity index (χ0n) is 20.1. The molecule has 0 aromatic heterocycles. The summed E-state index contributed by atoms with van der Waals surface area (Å²) < 4.78 is 11.4. The molecule has 11 heteroatoms. The van der Waals surface area contributed by atoms with Crippen LogP contribution in [0.2, 0.25) is 0 Å². The number of hydrogen-bond donors (Lipinski definition) is 2. The molecule has 0 saturated carbocycles. The van der Waals surface area contributed by atoms with Crippen molar-refractivity contribution in [3.63, 3.8) is 0 Å². The lowest BCUT2D eigenvalue weighted by molar-refractivity contribution is -0.136. The van der Waals surface area contributed by atoms with E-state index >= 15 is 0 Å². The number of esters is 1. The summed E-state index contributed by atoms with van der Waals surface area (Å²) in [5, 5.41) is 6.26. The number of nitrogens with one attached hydrogen (secondary N) is 2. The van der Waals surface area contributed by atoms with Gasteiger partial charge in [0, 0.05) is 17.6 Å². The Bertz CT molecular complexity index is 1370. The van der Waals surface area contributed by atoms with Gasteiger partial charge in [-0.15, -0.1) is 0 Å². The highest BCUT2D eigenvalue weighted by Gasteiger charge is 2.23. The van der Waals surface area contributed by atoms with Crippen LogP contribution in [0.1, 0.15) is 26.3 Å². The molecule has 3 amide bonds. The van der Waals surface area contributed by atoms with Gasteiger partial charge < -0.3 is 19.7 Å². The van der Waals surface area contributed by atoms with E-state index in [0.29, 0.717) is 43.2 Å². The Morgan fingerprint density at radius 3 is 2.39 bits per heavy atom. The van der Waals surface area contributed by atoms with Crippen molar-refractivity contribution in [2.75, 3.05) is 31.6 Å². The SMILES string of the molecule is O=C(N/N=C\c1ccc(OC(=O)c2cccc(Br)c2)cc1)C(=O)Nc1ccccc1C(=O)N1CCOCC1. The Balaban J connectivity index is 1.30. The summed E-state index contributed by atoms with van der Waals surface area (Å²) in [6, 6.07) is 19.7. The van der Waals surface area contributed by atoms with Gasteiger partial charge in [-0.3, -0.25) is 14.4 Å². The number of hydrazone groups is 1. The Hall–Kier alpha value is -4.35. The zero-order valence-corrected chi connectivity index (χ0v) is 21.6. The van der Waals surface area contributed by atoms with E-state index in [1.807, 2.05) is 0 Å². The van der Waals surface area contributed by atoms with Crippen molar-refractivity contribution in [1.29, 1.82) is 0 Å². The molecule has 1 fully saturated rings. The van der Waals surface area contributed by atoms with Gasteiger partial charge in [-0.25, -0.2) is 10.2 Å². The molecule has 0 spiro atoms. The lowest BCUT2D eigenvalue weighted by Gasteiger charge is -2.27. The molecule has 1 saturated heterocycles. The van der Waals surface area contributed by atoms with Crippen LogP contribution in [0.5, 0.6) is 5.75 Å². The van der Waals surface area contributed by atoms with Gasteiger partial charge in [-0.05, 0) is 60.2 Å². The fourth-order valence-electron chi connectivity index (χ4n) is 3.51. The third-order valence-electron chi connectivity index (χ3n) is 5.44. The lowest BCUT2D eigenvalue weighted by atomic mass is 10.1. The van der Waals surface area contributed by atoms with Gasteiger partial charge in [0.2, 0.25) is 0 Å². The number of benzene rings is 3. The molecule has 0 bridgehead atoms. The van der Waals surface area contributed by atoms with E-state index in [-0.39, 0.29) is 17.2 Å². The van der Waals surface area contributed by atoms with Crippen LogP contribution in [-0.2, 0) is 14.3 Å². The maximum Gasteiger partial charge on any atom is 0.343 e. The number of ether oxygens (including phenoxy) is 2. The third kappa shape index (κ3) is 7.11. The van der Waals surface area contributed by atoms with Crippen LogP contribution in [0.15, 0.2) is 82.4 Å². The Morgan fingerprint density at radius 2 is 1.66 bits per heavy atom. The summed E-state index contributed by atoms with van der Waals surface area (Å²) in [6.45, 7) is 1.79. The van der Waals surface area contributed by atoms with Crippen LogP contribution in [0, 0.1) is 0 Å². The fraction of sp³-hybridized carbons (Fsp3) is 0.148. The topological polar surface area (TPSA) is 126 Å². The summed E-state index contributed by atoms with van der Waals surface area (Å²) in [5.74, 6) is -2.40. The van der Waals surface area contributed by atoms with E-state index in [1.165, 1.54) is 6.21 Å². The van der Waals surface area contributed by atoms with Gasteiger partial charge in [-0.2, -0.15) is 5.10 Å². The number of hydrogen-bond acceptors (Lipinski definition) is 7. The second kappa shape index (κ2) is 12.7. The summed E-state index contributed by atoms with van der Waals surface area (Å²) >= 11 is 3.31. The molecular formula is C27H23BrN4O6. The van der Waals surface area contributed by atoms with Crippen molar-refractivity contribution in [1.82, 2.24) is 10.3 Å². The number of anilines is 1. The smallest absolute Gasteiger partial charge is 0.343 e. The first kappa shape index (κ1) is 26.7. The maximum absolute atomic E-state index is 12.8. The molecule has 1 aliphatic rings. The Kier molecular flexibility index (Phi) is 8.96. The number of halogens is 1. The predicted molar refractivity (Wildman–Crippen MR) is 143 cm³/mol. The number of morpholine rings is 1. The second-order valence-corrected chi connectivity index (χ2v) is 8.99. The van der Waals surface area contributed by atoms with Crippen molar-refractivity contribution in [2.24, 2.45) is 5.10 Å². The highest BCUT2D eigenvalue weighted by Crippen LogP contribution is 2.19. The van der Waals surface area contributed by atoms with Crippen LogP contribution >= 0.6 is 15.9 Å². The molecule has 1 heterocycles. The number of amides is 3. The number of carbonyl (C=O) groups excluding carboxylic acids is 4. The standard InChI is InChI=1S/C27H23BrN4O6/c28-20-5-3-4-19(16-20)27(36)38-21-10-8-18(9-11-21)17-29-31-25(34)24(33)30-23-7-2-1-6-22(23)26(35)32-12-14-37-15-13-32/h1-11,16-17H,12-15H2,(H,30,33)(H,31,34)/b29-17-. The van der Waals surface area contributed by atoms with Gasteiger partial charge in [0.05, 0.1) is 36.2 Å². The molecule has 2 N–H and O–H groups in total. The maximum atomic E-state index is 12.8. The molecular weight excluding hydrogens is 556 g/mol. The highest BCUT2D eigenvalue weighted by atomic mass is 79.9. The molecule has 3 aromatic carbocycles. The minimum atomic E-state index is -1.01. The zero-order chi connectivity index (χ0) is 26.9. The molecule has 0 aliphatic carbocycles. The first-order valence-electron chi connectivity index (χ1n) is 11.6. The van der Waals surface area contributed by atoms with Crippen molar-refractivity contribution >= 4 is 51.5 Å². The Morgan fingerprint density at radius 1 is 0.921 bits per heavy atom. The normalized spacial score (nSPS) is 13.1. The van der Waals surface area contributed by atoms with Crippen LogP contribution in [-0.4, -0.2) is 61.1 Å². The molecule has 194 valence electrons. The van der Waals surface area contributed by atoms with E-state index in [4.69, 9.17) is 9.47 Å². The van der Waals surface area contributed by atoms with Crippen LogP contribution < -0.4 is 15.5 Å². The van der Waals surface area contributed by atoms with E-state index in [0.717, 1.165) is 4.47 Å². The lowest BCUT2D eigenvalue weighted by Crippen LogP contribution is -2.41. The van der Waals surface area contributed by atoms with E-state index in [1.54, 1.807) is 77.7 Å². The molecule has 0 radical (unpaired) electrons. The minimum absolute atomic E-state index is 0.223. The first-order chi connectivity index (χ1) is 18.4. The van der Waals surface area contributed by atoms with Gasteiger partial charge in [0.25, 0.3) is 5.91 Å². The highest BCUT2D eigenvalue weighted by molar-refractivity contribution is 9.10. The van der Waals surface area contributed by atoms with Crippen LogP contribution in [0.3, 0.4) is 0 Å². The van der Waals surface area contributed by atoms with E-state index in [2.05, 4.69) is 31.8 Å². The first-order valence-corrected chi connectivity index (χ1v) is 12.4. The van der Waals surface area contributed by atoms with Crippen LogP contribution in [0.4, 0.5) is 5.69 Å². The largest absolute Gasteiger partial charge is 0.423 e. The van der Waals surface area contributed by atoms with E-state index < -0.39 is 17.8 Å². The predicted octanol–water partition coefficient (Wildman–Crippen LogP) is 3.23. The molecule has 0 atom stereocenters. The number of nitrogens with zero attached hydrogens (tertiary/aromatic N) is 2. The minimum Gasteiger partial charge on any atom is -0.423 e. The average Bonchev–Trinajstić information content (AvgIpc) is 2.94. The number of carbonyl (C=O) groups is 4. The van der Waals surface area contributed by atoms with Crippen LogP contribution in [0.25, 0.3) is 0 Å². The summed E-state index contributed by atoms with van der Waals surface area (Å²) in [4.78, 5) is 51.4. The molecule has 38 heavy (non-hydrogen) atoms. The molecule has 3 aromatic rings. The van der Waals surface area contributed by atoms with Gasteiger partial charge in [-0.1, -0.05) is 34.1 Å². The molecule has 0 unspecified atom stereocenters. The molecule has 4 rings (SSSR count).